The van der Waals surface area contributed by atoms with Crippen LogP contribution in [-0.2, 0) is 0 Å². The number of carbonyl (C=O) groups is 1. The molecule has 27 heavy (non-hydrogen) atoms. The van der Waals surface area contributed by atoms with E-state index >= 15 is 0 Å². The quantitative estimate of drug-likeness (QED) is 0.647. The number of ether oxygens (including phenoxy) is 2. The highest BCUT2D eigenvalue weighted by atomic mass is 16.5. The van der Waals surface area contributed by atoms with Crippen molar-refractivity contribution in [3.05, 3.63) is 77.9 Å². The van der Waals surface area contributed by atoms with Crippen molar-refractivity contribution < 1.29 is 14.3 Å². The van der Waals surface area contributed by atoms with Crippen molar-refractivity contribution >= 4 is 23.0 Å². The molecular weight excluding hydrogens is 340 g/mol. The highest BCUT2D eigenvalue weighted by Crippen LogP contribution is 2.31. The van der Waals surface area contributed by atoms with Crippen molar-refractivity contribution in [1.82, 2.24) is 0 Å². The lowest BCUT2D eigenvalue weighted by molar-refractivity contribution is 0.102. The highest BCUT2D eigenvalue weighted by molar-refractivity contribution is 6.05. The number of aryl methyl sites for hydroxylation is 1. The van der Waals surface area contributed by atoms with Crippen LogP contribution in [0.15, 0.2) is 66.7 Å². The van der Waals surface area contributed by atoms with E-state index in [4.69, 9.17) is 9.47 Å². The van der Waals surface area contributed by atoms with Gasteiger partial charge in [-0.25, -0.2) is 0 Å². The van der Waals surface area contributed by atoms with Gasteiger partial charge < -0.3 is 20.1 Å². The van der Waals surface area contributed by atoms with Gasteiger partial charge >= 0.3 is 0 Å². The van der Waals surface area contributed by atoms with Gasteiger partial charge in [-0.15, -0.1) is 0 Å². The van der Waals surface area contributed by atoms with E-state index in [1.807, 2.05) is 73.7 Å². The fraction of sp³-hybridized carbons (Fsp3) is 0.136. The minimum absolute atomic E-state index is 0.120. The van der Waals surface area contributed by atoms with Gasteiger partial charge in [0.15, 0.2) is 0 Å². The number of anilines is 3. The smallest absolute Gasteiger partial charge is 0.255 e. The predicted octanol–water partition coefficient (Wildman–Crippen LogP) is 5.01. The number of nitrogens with one attached hydrogen (secondary N) is 2. The van der Waals surface area contributed by atoms with Crippen molar-refractivity contribution in [3.63, 3.8) is 0 Å². The Morgan fingerprint density at radius 3 is 2.22 bits per heavy atom. The highest BCUT2D eigenvalue weighted by Gasteiger charge is 2.09. The van der Waals surface area contributed by atoms with Gasteiger partial charge in [-0.05, 0) is 55.0 Å². The summed E-state index contributed by atoms with van der Waals surface area (Å²) in [5.74, 6) is 1.29. The summed E-state index contributed by atoms with van der Waals surface area (Å²) in [5.41, 5.74) is 4.06. The number of benzene rings is 3. The maximum atomic E-state index is 12.4. The second-order valence-electron chi connectivity index (χ2n) is 6.04. The molecule has 0 saturated heterocycles. The SMILES string of the molecule is COc1ccc(Nc2ccc(NC(=O)c3ccccc3C)cc2)c(OC)c1. The molecule has 0 radical (unpaired) electrons. The maximum absolute atomic E-state index is 12.4. The predicted molar refractivity (Wildman–Crippen MR) is 108 cm³/mol. The number of amides is 1. The van der Waals surface area contributed by atoms with Crippen molar-refractivity contribution in [2.45, 2.75) is 6.92 Å². The molecule has 0 bridgehead atoms. The third-order valence-electron chi connectivity index (χ3n) is 4.22. The molecule has 5 heteroatoms. The molecular formula is C22H22N2O3. The Labute approximate surface area is 158 Å². The molecule has 0 fully saturated rings. The van der Waals surface area contributed by atoms with Crippen LogP contribution in [0.2, 0.25) is 0 Å². The van der Waals surface area contributed by atoms with E-state index in [0.29, 0.717) is 11.3 Å². The lowest BCUT2D eigenvalue weighted by Crippen LogP contribution is -2.13. The largest absolute Gasteiger partial charge is 0.497 e. The molecule has 3 rings (SSSR count). The van der Waals surface area contributed by atoms with E-state index in [2.05, 4.69) is 10.6 Å². The Bertz CT molecular complexity index is 937. The van der Waals surface area contributed by atoms with Gasteiger partial charge in [-0.1, -0.05) is 18.2 Å². The van der Waals surface area contributed by atoms with E-state index in [1.165, 1.54) is 0 Å². The van der Waals surface area contributed by atoms with Gasteiger partial charge in [-0.3, -0.25) is 4.79 Å². The molecule has 1 amide bonds. The van der Waals surface area contributed by atoms with Crippen LogP contribution < -0.4 is 20.1 Å². The first kappa shape index (κ1) is 18.3. The Morgan fingerprint density at radius 1 is 0.852 bits per heavy atom. The molecule has 0 heterocycles. The molecule has 5 nitrogen and oxygen atoms in total. The normalized spacial score (nSPS) is 10.2. The topological polar surface area (TPSA) is 59.6 Å². The first-order valence-electron chi connectivity index (χ1n) is 8.57. The van der Waals surface area contributed by atoms with Crippen molar-refractivity contribution in [2.24, 2.45) is 0 Å². The van der Waals surface area contributed by atoms with Gasteiger partial charge in [0, 0.05) is 23.0 Å². The van der Waals surface area contributed by atoms with Crippen molar-refractivity contribution in [1.29, 1.82) is 0 Å². The van der Waals surface area contributed by atoms with Gasteiger partial charge in [-0.2, -0.15) is 0 Å². The summed E-state index contributed by atoms with van der Waals surface area (Å²) in [6.45, 7) is 1.92. The van der Waals surface area contributed by atoms with Crippen LogP contribution in [0.1, 0.15) is 15.9 Å². The number of rotatable bonds is 6. The summed E-state index contributed by atoms with van der Waals surface area (Å²) in [6.07, 6.45) is 0. The number of carbonyl (C=O) groups excluding carboxylic acids is 1. The van der Waals surface area contributed by atoms with Gasteiger partial charge in [0.25, 0.3) is 5.91 Å². The molecule has 0 saturated carbocycles. The second kappa shape index (κ2) is 8.27. The van der Waals surface area contributed by atoms with Crippen LogP contribution in [0.25, 0.3) is 0 Å². The zero-order valence-corrected chi connectivity index (χ0v) is 15.6. The number of hydrogen-bond donors (Lipinski definition) is 2. The monoisotopic (exact) mass is 362 g/mol. The van der Waals surface area contributed by atoms with E-state index in [0.717, 1.165) is 28.4 Å². The van der Waals surface area contributed by atoms with Gasteiger partial charge in [0.1, 0.15) is 11.5 Å². The van der Waals surface area contributed by atoms with Crippen molar-refractivity contribution in [3.8, 4) is 11.5 Å². The second-order valence-corrected chi connectivity index (χ2v) is 6.04. The van der Waals surface area contributed by atoms with Crippen LogP contribution in [0.3, 0.4) is 0 Å². The molecule has 0 aliphatic rings. The van der Waals surface area contributed by atoms with E-state index in [9.17, 15) is 4.79 Å². The zero-order chi connectivity index (χ0) is 19.2. The van der Waals surface area contributed by atoms with E-state index < -0.39 is 0 Å². The van der Waals surface area contributed by atoms with Crippen LogP contribution in [-0.4, -0.2) is 20.1 Å². The summed E-state index contributed by atoms with van der Waals surface area (Å²) < 4.78 is 10.6. The molecule has 0 aliphatic carbocycles. The first-order valence-corrected chi connectivity index (χ1v) is 8.57. The Hall–Kier alpha value is -3.47. The molecule has 3 aromatic rings. The molecule has 2 N–H and O–H groups in total. The van der Waals surface area contributed by atoms with E-state index in [1.54, 1.807) is 14.2 Å². The Kier molecular flexibility index (Phi) is 5.61. The van der Waals surface area contributed by atoms with Gasteiger partial charge in [0.2, 0.25) is 0 Å². The standard InChI is InChI=1S/C22H22N2O3/c1-15-6-4-5-7-19(15)22(25)24-17-10-8-16(9-11-17)23-20-13-12-18(26-2)14-21(20)27-3/h4-14,23H,1-3H3,(H,24,25). The lowest BCUT2D eigenvalue weighted by atomic mass is 10.1. The van der Waals surface area contributed by atoms with Crippen LogP contribution >= 0.6 is 0 Å². The number of hydrogen-bond acceptors (Lipinski definition) is 4. The number of methoxy groups -OCH3 is 2. The lowest BCUT2D eigenvalue weighted by Gasteiger charge is -2.13. The van der Waals surface area contributed by atoms with Crippen LogP contribution in [0.5, 0.6) is 11.5 Å². The molecule has 0 atom stereocenters. The molecule has 138 valence electrons. The molecule has 0 aliphatic heterocycles. The zero-order valence-electron chi connectivity index (χ0n) is 15.6. The minimum atomic E-state index is -0.120. The van der Waals surface area contributed by atoms with E-state index in [-0.39, 0.29) is 5.91 Å². The van der Waals surface area contributed by atoms with Crippen LogP contribution in [0.4, 0.5) is 17.1 Å². The molecule has 3 aromatic carbocycles. The Morgan fingerprint density at radius 2 is 1.56 bits per heavy atom. The van der Waals surface area contributed by atoms with Gasteiger partial charge in [0.05, 0.1) is 19.9 Å². The molecule has 0 aromatic heterocycles. The summed E-state index contributed by atoms with van der Waals surface area (Å²) in [5, 5.41) is 6.22. The van der Waals surface area contributed by atoms with Crippen LogP contribution in [0, 0.1) is 6.92 Å². The first-order chi connectivity index (χ1) is 13.1. The third-order valence-corrected chi connectivity index (χ3v) is 4.22. The average molecular weight is 362 g/mol. The Balaban J connectivity index is 1.71. The summed E-state index contributed by atoms with van der Waals surface area (Å²) in [7, 11) is 3.23. The molecule has 0 unspecified atom stereocenters. The average Bonchev–Trinajstić information content (AvgIpc) is 2.70. The minimum Gasteiger partial charge on any atom is -0.497 e. The van der Waals surface area contributed by atoms with Crippen molar-refractivity contribution in [2.75, 3.05) is 24.9 Å². The summed E-state index contributed by atoms with van der Waals surface area (Å²) in [6, 6.07) is 20.6. The maximum Gasteiger partial charge on any atom is 0.255 e. The molecule has 0 spiro atoms. The fourth-order valence-corrected chi connectivity index (χ4v) is 2.72. The third kappa shape index (κ3) is 4.39. The summed E-state index contributed by atoms with van der Waals surface area (Å²) in [4.78, 5) is 12.4. The summed E-state index contributed by atoms with van der Waals surface area (Å²) >= 11 is 0. The fourth-order valence-electron chi connectivity index (χ4n) is 2.72.